The standard InChI is InChI=1S/C14H14O6/c1-7(15)10-11(17-3)9-5-6-19-12(9)14(18-4)13(10)20-8(2)16/h5-6H,1-4H3. The number of benzene rings is 1. The molecule has 1 aromatic carbocycles. The quantitative estimate of drug-likeness (QED) is 0.486. The van der Waals surface area contributed by atoms with Crippen LogP contribution in [0.2, 0.25) is 0 Å². The predicted octanol–water partition coefficient (Wildman–Crippen LogP) is 2.58. The molecule has 0 bridgehead atoms. The number of carbonyl (C=O) groups is 2. The minimum atomic E-state index is -0.571. The monoisotopic (exact) mass is 278 g/mol. The zero-order valence-corrected chi connectivity index (χ0v) is 11.6. The number of ether oxygens (including phenoxy) is 3. The SMILES string of the molecule is COc1c(C(C)=O)c(OC(C)=O)c(OC)c2occc12. The third-order valence-corrected chi connectivity index (χ3v) is 2.78. The molecule has 0 aliphatic carbocycles. The van der Waals surface area contributed by atoms with Gasteiger partial charge in [0.25, 0.3) is 0 Å². The van der Waals surface area contributed by atoms with Gasteiger partial charge in [-0.2, -0.15) is 0 Å². The molecule has 0 N–H and O–H groups in total. The molecule has 1 heterocycles. The summed E-state index contributed by atoms with van der Waals surface area (Å²) in [5.74, 6) is -0.394. The van der Waals surface area contributed by atoms with Gasteiger partial charge >= 0.3 is 5.97 Å². The summed E-state index contributed by atoms with van der Waals surface area (Å²) in [6.07, 6.45) is 1.44. The van der Waals surface area contributed by atoms with Crippen LogP contribution in [0.3, 0.4) is 0 Å². The predicted molar refractivity (Wildman–Crippen MR) is 70.6 cm³/mol. The van der Waals surface area contributed by atoms with Crippen LogP contribution < -0.4 is 14.2 Å². The summed E-state index contributed by atoms with van der Waals surface area (Å²) in [6.45, 7) is 2.60. The van der Waals surface area contributed by atoms with Crippen molar-refractivity contribution in [3.05, 3.63) is 17.9 Å². The Kier molecular flexibility index (Phi) is 3.65. The van der Waals surface area contributed by atoms with Crippen LogP contribution in [-0.2, 0) is 4.79 Å². The second-order valence-corrected chi connectivity index (χ2v) is 4.08. The number of methoxy groups -OCH3 is 2. The Bertz CT molecular complexity index is 683. The van der Waals surface area contributed by atoms with E-state index >= 15 is 0 Å². The smallest absolute Gasteiger partial charge is 0.308 e. The molecule has 0 unspecified atom stereocenters. The number of ketones is 1. The van der Waals surface area contributed by atoms with E-state index in [4.69, 9.17) is 18.6 Å². The molecule has 0 radical (unpaired) electrons. The van der Waals surface area contributed by atoms with Crippen molar-refractivity contribution in [2.24, 2.45) is 0 Å². The van der Waals surface area contributed by atoms with Gasteiger partial charge in [-0.25, -0.2) is 0 Å². The lowest BCUT2D eigenvalue weighted by Crippen LogP contribution is -2.09. The van der Waals surface area contributed by atoms with Gasteiger partial charge in [-0.15, -0.1) is 0 Å². The Labute approximate surface area is 115 Å². The number of carbonyl (C=O) groups excluding carboxylic acids is 2. The van der Waals surface area contributed by atoms with E-state index in [0.717, 1.165) is 0 Å². The number of hydrogen-bond donors (Lipinski definition) is 0. The van der Waals surface area contributed by atoms with Crippen LogP contribution in [0.15, 0.2) is 16.7 Å². The van der Waals surface area contributed by atoms with Crippen molar-refractivity contribution in [3.8, 4) is 17.2 Å². The second-order valence-electron chi connectivity index (χ2n) is 4.08. The molecule has 20 heavy (non-hydrogen) atoms. The second kappa shape index (κ2) is 5.24. The van der Waals surface area contributed by atoms with Crippen molar-refractivity contribution >= 4 is 22.7 Å². The van der Waals surface area contributed by atoms with Crippen LogP contribution in [0.1, 0.15) is 24.2 Å². The molecule has 0 fully saturated rings. The van der Waals surface area contributed by atoms with Crippen molar-refractivity contribution < 1.29 is 28.2 Å². The van der Waals surface area contributed by atoms with E-state index in [1.165, 1.54) is 34.3 Å². The first-order chi connectivity index (χ1) is 9.51. The molecule has 0 aliphatic rings. The first-order valence-corrected chi connectivity index (χ1v) is 5.85. The number of hydrogen-bond acceptors (Lipinski definition) is 6. The van der Waals surface area contributed by atoms with E-state index in [9.17, 15) is 9.59 Å². The first kappa shape index (κ1) is 13.9. The number of Topliss-reactive ketones (excluding diaryl/α,β-unsaturated/α-hetero) is 1. The summed E-state index contributed by atoms with van der Waals surface area (Å²) in [4.78, 5) is 23.2. The van der Waals surface area contributed by atoms with Crippen molar-refractivity contribution in [3.63, 3.8) is 0 Å². The summed E-state index contributed by atoms with van der Waals surface area (Å²) in [5, 5.41) is 0.574. The van der Waals surface area contributed by atoms with Gasteiger partial charge in [0.15, 0.2) is 17.1 Å². The van der Waals surface area contributed by atoms with Gasteiger partial charge in [-0.1, -0.05) is 0 Å². The third-order valence-electron chi connectivity index (χ3n) is 2.78. The van der Waals surface area contributed by atoms with Gasteiger partial charge in [-0.3, -0.25) is 9.59 Å². The Hall–Kier alpha value is -2.50. The fourth-order valence-corrected chi connectivity index (χ4v) is 2.08. The fourth-order valence-electron chi connectivity index (χ4n) is 2.08. The lowest BCUT2D eigenvalue weighted by atomic mass is 10.0. The average Bonchev–Trinajstić information content (AvgIpc) is 2.84. The van der Waals surface area contributed by atoms with Crippen molar-refractivity contribution in [2.45, 2.75) is 13.8 Å². The van der Waals surface area contributed by atoms with E-state index < -0.39 is 5.97 Å². The average molecular weight is 278 g/mol. The molecular formula is C14H14O6. The summed E-state index contributed by atoms with van der Waals surface area (Å²) >= 11 is 0. The number of esters is 1. The molecule has 2 aromatic rings. The van der Waals surface area contributed by atoms with E-state index in [-0.39, 0.29) is 22.8 Å². The van der Waals surface area contributed by atoms with Gasteiger partial charge < -0.3 is 18.6 Å². The van der Waals surface area contributed by atoms with Gasteiger partial charge in [0.1, 0.15) is 11.3 Å². The van der Waals surface area contributed by atoms with Crippen molar-refractivity contribution in [1.82, 2.24) is 0 Å². The van der Waals surface area contributed by atoms with Gasteiger partial charge in [0, 0.05) is 6.92 Å². The Morgan fingerprint density at radius 2 is 1.70 bits per heavy atom. The highest BCUT2D eigenvalue weighted by atomic mass is 16.6. The maximum Gasteiger partial charge on any atom is 0.308 e. The Morgan fingerprint density at radius 3 is 2.20 bits per heavy atom. The maximum absolute atomic E-state index is 11.9. The lowest BCUT2D eigenvalue weighted by Gasteiger charge is -2.15. The molecule has 106 valence electrons. The number of rotatable bonds is 4. The largest absolute Gasteiger partial charge is 0.495 e. The zero-order chi connectivity index (χ0) is 14.9. The highest BCUT2D eigenvalue weighted by Gasteiger charge is 2.27. The lowest BCUT2D eigenvalue weighted by molar-refractivity contribution is -0.132. The van der Waals surface area contributed by atoms with Crippen LogP contribution in [0.25, 0.3) is 11.0 Å². The minimum Gasteiger partial charge on any atom is -0.495 e. The number of furan rings is 1. The summed E-state index contributed by atoms with van der Waals surface area (Å²) in [7, 11) is 2.83. The highest BCUT2D eigenvalue weighted by Crippen LogP contribution is 2.46. The van der Waals surface area contributed by atoms with Crippen LogP contribution >= 0.6 is 0 Å². The topological polar surface area (TPSA) is 75.0 Å². The normalized spacial score (nSPS) is 10.4. The molecule has 0 atom stereocenters. The first-order valence-electron chi connectivity index (χ1n) is 5.85. The molecule has 0 saturated heterocycles. The zero-order valence-electron chi connectivity index (χ0n) is 11.6. The molecule has 0 amide bonds. The summed E-state index contributed by atoms with van der Waals surface area (Å²) < 4.78 is 21.0. The Morgan fingerprint density at radius 1 is 1.05 bits per heavy atom. The minimum absolute atomic E-state index is 0.00630. The molecule has 0 saturated carbocycles. The molecule has 2 rings (SSSR count). The van der Waals surface area contributed by atoms with Crippen LogP contribution in [-0.4, -0.2) is 26.0 Å². The summed E-state index contributed by atoms with van der Waals surface area (Å²) in [6, 6.07) is 1.65. The third kappa shape index (κ3) is 2.09. The molecule has 6 heteroatoms. The van der Waals surface area contributed by atoms with Crippen LogP contribution in [0.4, 0.5) is 0 Å². The van der Waals surface area contributed by atoms with E-state index in [2.05, 4.69) is 0 Å². The van der Waals surface area contributed by atoms with E-state index in [0.29, 0.717) is 16.7 Å². The molecule has 0 spiro atoms. The van der Waals surface area contributed by atoms with Gasteiger partial charge in [0.05, 0.1) is 25.9 Å². The van der Waals surface area contributed by atoms with Gasteiger partial charge in [-0.05, 0) is 13.0 Å². The van der Waals surface area contributed by atoms with Crippen molar-refractivity contribution in [1.29, 1.82) is 0 Å². The van der Waals surface area contributed by atoms with E-state index in [1.54, 1.807) is 6.07 Å². The van der Waals surface area contributed by atoms with E-state index in [1.807, 2.05) is 0 Å². The highest BCUT2D eigenvalue weighted by molar-refractivity contribution is 6.08. The molecule has 0 aliphatic heterocycles. The van der Waals surface area contributed by atoms with Crippen LogP contribution in [0.5, 0.6) is 17.2 Å². The summed E-state index contributed by atoms with van der Waals surface area (Å²) in [5.41, 5.74) is 0.499. The number of fused-ring (bicyclic) bond motifs is 1. The van der Waals surface area contributed by atoms with Gasteiger partial charge in [0.2, 0.25) is 5.75 Å². The maximum atomic E-state index is 11.9. The molecular weight excluding hydrogens is 264 g/mol. The Balaban J connectivity index is 2.93. The van der Waals surface area contributed by atoms with Crippen molar-refractivity contribution in [2.75, 3.05) is 14.2 Å². The molecule has 1 aromatic heterocycles. The molecule has 6 nitrogen and oxygen atoms in total. The van der Waals surface area contributed by atoms with Crippen LogP contribution in [0, 0.1) is 0 Å². The fraction of sp³-hybridized carbons (Fsp3) is 0.286.